The van der Waals surface area contributed by atoms with E-state index in [9.17, 15) is 5.11 Å². The average Bonchev–Trinajstić information content (AvgIpc) is 2.18. The minimum Gasteiger partial charge on any atom is -0.393 e. The number of aliphatic hydroxyl groups excluding tert-OH is 1. The first-order valence-corrected chi connectivity index (χ1v) is 6.16. The number of nitrogens with two attached hydrogens (primary N) is 1. The van der Waals surface area contributed by atoms with Crippen molar-refractivity contribution in [3.8, 4) is 0 Å². The van der Waals surface area contributed by atoms with Gasteiger partial charge in [0, 0.05) is 16.2 Å². The van der Waals surface area contributed by atoms with E-state index in [1.54, 1.807) is 11.8 Å². The number of halogens is 1. The van der Waals surface area contributed by atoms with Crippen LogP contribution in [0.3, 0.4) is 0 Å². The van der Waals surface area contributed by atoms with Crippen LogP contribution in [0, 0.1) is 0 Å². The fourth-order valence-electron chi connectivity index (χ4n) is 1.85. The van der Waals surface area contributed by atoms with Gasteiger partial charge in [0.1, 0.15) is 0 Å². The summed E-state index contributed by atoms with van der Waals surface area (Å²) in [5.74, 6) is 0. The van der Waals surface area contributed by atoms with E-state index < -0.39 is 0 Å². The maximum Gasteiger partial charge on any atom is 0.0568 e. The maximum absolute atomic E-state index is 9.36. The molecule has 82 valence electrons. The van der Waals surface area contributed by atoms with Gasteiger partial charge in [-0.15, -0.1) is 11.8 Å². The summed E-state index contributed by atoms with van der Waals surface area (Å²) in [6.07, 6.45) is 1.34. The summed E-state index contributed by atoms with van der Waals surface area (Å²) >= 11 is 7.77. The Morgan fingerprint density at radius 1 is 1.47 bits per heavy atom. The van der Waals surface area contributed by atoms with Gasteiger partial charge < -0.3 is 10.8 Å². The SMILES string of the molecule is NCC1(Sc2ccccc2Cl)CC(O)C1. The molecule has 0 saturated heterocycles. The highest BCUT2D eigenvalue weighted by Crippen LogP contribution is 2.48. The monoisotopic (exact) mass is 243 g/mol. The lowest BCUT2D eigenvalue weighted by molar-refractivity contribution is 0.0643. The van der Waals surface area contributed by atoms with Gasteiger partial charge in [-0.1, -0.05) is 23.7 Å². The molecule has 0 spiro atoms. The number of thioether (sulfide) groups is 1. The molecule has 1 saturated carbocycles. The first-order chi connectivity index (χ1) is 7.15. The molecule has 2 nitrogen and oxygen atoms in total. The van der Waals surface area contributed by atoms with E-state index >= 15 is 0 Å². The van der Waals surface area contributed by atoms with Gasteiger partial charge in [-0.2, -0.15) is 0 Å². The first kappa shape index (κ1) is 11.3. The molecule has 0 heterocycles. The Kier molecular flexibility index (Phi) is 3.26. The molecule has 0 bridgehead atoms. The summed E-state index contributed by atoms with van der Waals surface area (Å²) in [7, 11) is 0. The van der Waals surface area contributed by atoms with E-state index in [2.05, 4.69) is 0 Å². The van der Waals surface area contributed by atoms with E-state index in [4.69, 9.17) is 17.3 Å². The Morgan fingerprint density at radius 2 is 2.13 bits per heavy atom. The molecule has 0 amide bonds. The summed E-state index contributed by atoms with van der Waals surface area (Å²) < 4.78 is -0.00951. The van der Waals surface area contributed by atoms with Crippen LogP contribution in [0.2, 0.25) is 5.02 Å². The third-order valence-electron chi connectivity index (χ3n) is 2.75. The zero-order valence-corrected chi connectivity index (χ0v) is 9.89. The fraction of sp³-hybridized carbons (Fsp3) is 0.455. The van der Waals surface area contributed by atoms with Crippen molar-refractivity contribution in [1.82, 2.24) is 0 Å². The third-order valence-corrected chi connectivity index (χ3v) is 4.70. The zero-order chi connectivity index (χ0) is 10.9. The maximum atomic E-state index is 9.36. The first-order valence-electron chi connectivity index (χ1n) is 4.97. The van der Waals surface area contributed by atoms with E-state index in [0.29, 0.717) is 6.54 Å². The van der Waals surface area contributed by atoms with E-state index in [0.717, 1.165) is 22.8 Å². The number of benzene rings is 1. The van der Waals surface area contributed by atoms with Gasteiger partial charge in [-0.3, -0.25) is 0 Å². The number of hydrogen-bond acceptors (Lipinski definition) is 3. The van der Waals surface area contributed by atoms with Crippen LogP contribution < -0.4 is 5.73 Å². The summed E-state index contributed by atoms with van der Waals surface area (Å²) in [4.78, 5) is 1.05. The Bertz CT molecular complexity index is 352. The summed E-state index contributed by atoms with van der Waals surface area (Å²) in [5.41, 5.74) is 5.75. The van der Waals surface area contributed by atoms with Crippen molar-refractivity contribution in [3.05, 3.63) is 29.3 Å². The molecule has 0 aromatic heterocycles. The molecule has 1 aliphatic carbocycles. The van der Waals surface area contributed by atoms with Crippen LogP contribution in [0.15, 0.2) is 29.2 Å². The lowest BCUT2D eigenvalue weighted by Crippen LogP contribution is -2.49. The third kappa shape index (κ3) is 2.31. The van der Waals surface area contributed by atoms with Gasteiger partial charge in [-0.25, -0.2) is 0 Å². The summed E-state index contributed by atoms with van der Waals surface area (Å²) in [6, 6.07) is 7.75. The fourth-order valence-corrected chi connectivity index (χ4v) is 3.52. The van der Waals surface area contributed by atoms with Crippen molar-refractivity contribution < 1.29 is 5.11 Å². The number of aliphatic hydroxyl groups is 1. The van der Waals surface area contributed by atoms with Gasteiger partial charge in [0.15, 0.2) is 0 Å². The lowest BCUT2D eigenvalue weighted by atomic mass is 9.81. The predicted molar refractivity (Wildman–Crippen MR) is 64.3 cm³/mol. The molecule has 0 atom stereocenters. The molecule has 1 aliphatic rings. The van der Waals surface area contributed by atoms with Crippen LogP contribution in [0.1, 0.15) is 12.8 Å². The van der Waals surface area contributed by atoms with Crippen molar-refractivity contribution in [2.75, 3.05) is 6.54 Å². The Balaban J connectivity index is 2.11. The zero-order valence-electron chi connectivity index (χ0n) is 8.32. The highest BCUT2D eigenvalue weighted by molar-refractivity contribution is 8.00. The van der Waals surface area contributed by atoms with E-state index in [1.807, 2.05) is 24.3 Å². The summed E-state index contributed by atoms with van der Waals surface area (Å²) in [6.45, 7) is 0.583. The number of rotatable bonds is 3. The molecular formula is C11H14ClNOS. The molecular weight excluding hydrogens is 230 g/mol. The quantitative estimate of drug-likeness (QED) is 0.856. The molecule has 1 aromatic rings. The van der Waals surface area contributed by atoms with Gasteiger partial charge in [0.05, 0.1) is 11.1 Å². The molecule has 0 radical (unpaired) electrons. The van der Waals surface area contributed by atoms with Crippen molar-refractivity contribution in [3.63, 3.8) is 0 Å². The average molecular weight is 244 g/mol. The normalized spacial score (nSPS) is 29.9. The van der Waals surface area contributed by atoms with Gasteiger partial charge in [-0.05, 0) is 25.0 Å². The predicted octanol–water partition coefficient (Wildman–Crippen LogP) is 2.28. The second kappa shape index (κ2) is 4.34. The molecule has 15 heavy (non-hydrogen) atoms. The Hall–Kier alpha value is -0.220. The van der Waals surface area contributed by atoms with Crippen LogP contribution in [0.25, 0.3) is 0 Å². The second-order valence-corrected chi connectivity index (χ2v) is 5.90. The van der Waals surface area contributed by atoms with Gasteiger partial charge in [0.25, 0.3) is 0 Å². The van der Waals surface area contributed by atoms with Crippen molar-refractivity contribution >= 4 is 23.4 Å². The van der Waals surface area contributed by atoms with Gasteiger partial charge >= 0.3 is 0 Å². The van der Waals surface area contributed by atoms with Crippen LogP contribution in [-0.4, -0.2) is 22.5 Å². The van der Waals surface area contributed by atoms with Crippen LogP contribution in [-0.2, 0) is 0 Å². The van der Waals surface area contributed by atoms with Crippen LogP contribution in [0.5, 0.6) is 0 Å². The molecule has 1 fully saturated rings. The minimum absolute atomic E-state index is 0.00951. The smallest absolute Gasteiger partial charge is 0.0568 e. The van der Waals surface area contributed by atoms with E-state index in [-0.39, 0.29) is 10.9 Å². The Morgan fingerprint density at radius 3 is 2.67 bits per heavy atom. The molecule has 2 rings (SSSR count). The Labute approximate surface area is 98.8 Å². The van der Waals surface area contributed by atoms with E-state index in [1.165, 1.54) is 0 Å². The molecule has 0 aliphatic heterocycles. The largest absolute Gasteiger partial charge is 0.393 e. The van der Waals surface area contributed by atoms with Crippen molar-refractivity contribution in [1.29, 1.82) is 0 Å². The van der Waals surface area contributed by atoms with Gasteiger partial charge in [0.2, 0.25) is 0 Å². The van der Waals surface area contributed by atoms with Crippen LogP contribution >= 0.6 is 23.4 Å². The number of hydrogen-bond donors (Lipinski definition) is 2. The summed E-state index contributed by atoms with van der Waals surface area (Å²) in [5, 5.41) is 10.1. The molecule has 4 heteroatoms. The highest BCUT2D eigenvalue weighted by atomic mass is 35.5. The topological polar surface area (TPSA) is 46.2 Å². The molecule has 1 aromatic carbocycles. The van der Waals surface area contributed by atoms with Crippen molar-refractivity contribution in [2.45, 2.75) is 28.6 Å². The lowest BCUT2D eigenvalue weighted by Gasteiger charge is -2.44. The van der Waals surface area contributed by atoms with Crippen LogP contribution in [0.4, 0.5) is 0 Å². The second-order valence-electron chi connectivity index (χ2n) is 3.98. The van der Waals surface area contributed by atoms with Crippen molar-refractivity contribution in [2.24, 2.45) is 5.73 Å². The minimum atomic E-state index is -0.191. The molecule has 3 N–H and O–H groups in total. The highest BCUT2D eigenvalue weighted by Gasteiger charge is 2.43. The standard InChI is InChI=1S/C11H14ClNOS/c12-9-3-1-2-4-10(9)15-11(7-13)5-8(14)6-11/h1-4,8,14H,5-7,13H2. The molecule has 0 unspecified atom stereocenters.